The largest absolute Gasteiger partial charge is 0.469 e. The number of carbonyl (C=O) groups excluding carboxylic acids is 1. The summed E-state index contributed by atoms with van der Waals surface area (Å²) in [7, 11) is 1.40. The first-order chi connectivity index (χ1) is 4.81. The zero-order valence-electron chi connectivity index (χ0n) is 6.59. The van der Waals surface area contributed by atoms with E-state index in [4.69, 9.17) is 0 Å². The van der Waals surface area contributed by atoms with Crippen LogP contribution in [0.25, 0.3) is 0 Å². The van der Waals surface area contributed by atoms with E-state index in [0.29, 0.717) is 6.42 Å². The number of hydrogen-bond donors (Lipinski definition) is 0. The zero-order valence-corrected chi connectivity index (χ0v) is 6.59. The summed E-state index contributed by atoms with van der Waals surface area (Å²) in [6.45, 7) is 3.59. The highest BCUT2D eigenvalue weighted by Crippen LogP contribution is 1.89. The van der Waals surface area contributed by atoms with E-state index in [1.54, 1.807) is 0 Å². The molecule has 0 unspecified atom stereocenters. The van der Waals surface area contributed by atoms with Gasteiger partial charge in [0, 0.05) is 19.5 Å². The molecule has 59 valence electrons. The fourth-order valence-corrected chi connectivity index (χ4v) is 0.595. The monoisotopic (exact) mass is 144 g/mol. The van der Waals surface area contributed by atoms with Gasteiger partial charge in [0.15, 0.2) is 0 Å². The predicted molar refractivity (Wildman–Crippen MR) is 38.8 cm³/mol. The molecular weight excluding hydrogens is 130 g/mol. The molecule has 0 saturated carbocycles. The summed E-state index contributed by atoms with van der Waals surface area (Å²) in [6, 6.07) is 0. The Morgan fingerprint density at radius 2 is 2.30 bits per heavy atom. The summed E-state index contributed by atoms with van der Waals surface area (Å²) in [5.41, 5.74) is 0. The second-order valence-corrected chi connectivity index (χ2v) is 1.94. The minimum absolute atomic E-state index is 0.147. The van der Waals surface area contributed by atoms with Crippen LogP contribution in [0.15, 0.2) is 0 Å². The van der Waals surface area contributed by atoms with Crippen molar-refractivity contribution in [3.8, 4) is 0 Å². The SMILES string of the molecule is CC[N]CCCC(=O)OC. The van der Waals surface area contributed by atoms with Gasteiger partial charge in [0.25, 0.3) is 0 Å². The molecular formula is C7H14NO2. The van der Waals surface area contributed by atoms with Crippen molar-refractivity contribution in [2.45, 2.75) is 19.8 Å². The highest BCUT2D eigenvalue weighted by molar-refractivity contribution is 5.68. The maximum atomic E-state index is 10.5. The lowest BCUT2D eigenvalue weighted by atomic mass is 10.3. The van der Waals surface area contributed by atoms with Crippen molar-refractivity contribution in [2.75, 3.05) is 20.2 Å². The zero-order chi connectivity index (χ0) is 7.82. The average molecular weight is 144 g/mol. The molecule has 0 aromatic carbocycles. The Bertz CT molecular complexity index is 93.6. The fraction of sp³-hybridized carbons (Fsp3) is 0.857. The van der Waals surface area contributed by atoms with Crippen LogP contribution < -0.4 is 5.32 Å². The van der Waals surface area contributed by atoms with Crippen molar-refractivity contribution in [1.82, 2.24) is 5.32 Å². The van der Waals surface area contributed by atoms with Crippen LogP contribution in [0.1, 0.15) is 19.8 Å². The van der Waals surface area contributed by atoms with Crippen LogP contribution in [0.2, 0.25) is 0 Å². The number of methoxy groups -OCH3 is 1. The molecule has 0 atom stereocenters. The van der Waals surface area contributed by atoms with E-state index >= 15 is 0 Å². The van der Waals surface area contributed by atoms with Crippen LogP contribution >= 0.6 is 0 Å². The van der Waals surface area contributed by atoms with Crippen molar-refractivity contribution < 1.29 is 9.53 Å². The van der Waals surface area contributed by atoms with Gasteiger partial charge in [-0.1, -0.05) is 6.92 Å². The lowest BCUT2D eigenvalue weighted by molar-refractivity contribution is -0.140. The van der Waals surface area contributed by atoms with Gasteiger partial charge < -0.3 is 4.74 Å². The Labute approximate surface area is 61.8 Å². The van der Waals surface area contributed by atoms with Gasteiger partial charge in [0.1, 0.15) is 0 Å². The topological polar surface area (TPSA) is 40.4 Å². The molecule has 0 fully saturated rings. The van der Waals surface area contributed by atoms with E-state index in [1.807, 2.05) is 6.92 Å². The molecule has 10 heavy (non-hydrogen) atoms. The Kier molecular flexibility index (Phi) is 6.18. The number of esters is 1. The molecule has 0 aromatic heterocycles. The van der Waals surface area contributed by atoms with E-state index < -0.39 is 0 Å². The fourth-order valence-electron chi connectivity index (χ4n) is 0.595. The van der Waals surface area contributed by atoms with E-state index in [0.717, 1.165) is 19.5 Å². The molecule has 0 rings (SSSR count). The van der Waals surface area contributed by atoms with Crippen LogP contribution in [0.3, 0.4) is 0 Å². The summed E-state index contributed by atoms with van der Waals surface area (Å²) in [5, 5.41) is 4.07. The molecule has 0 aliphatic rings. The number of carbonyl (C=O) groups is 1. The van der Waals surface area contributed by atoms with Crippen molar-refractivity contribution in [3.05, 3.63) is 0 Å². The second kappa shape index (κ2) is 6.55. The molecule has 0 heterocycles. The molecule has 0 aromatic rings. The van der Waals surface area contributed by atoms with Gasteiger partial charge in [-0.25, -0.2) is 5.32 Å². The number of rotatable bonds is 5. The highest BCUT2D eigenvalue weighted by Gasteiger charge is 1.97. The Morgan fingerprint density at radius 1 is 1.60 bits per heavy atom. The lowest BCUT2D eigenvalue weighted by Crippen LogP contribution is -2.08. The normalized spacial score (nSPS) is 9.40. The van der Waals surface area contributed by atoms with Gasteiger partial charge in [-0.3, -0.25) is 4.79 Å². The van der Waals surface area contributed by atoms with Gasteiger partial charge in [0.05, 0.1) is 7.11 Å². The van der Waals surface area contributed by atoms with Crippen LogP contribution in [0.5, 0.6) is 0 Å². The average Bonchev–Trinajstić information content (AvgIpc) is 1.98. The first-order valence-electron chi connectivity index (χ1n) is 3.51. The minimum Gasteiger partial charge on any atom is -0.469 e. The molecule has 0 spiro atoms. The van der Waals surface area contributed by atoms with Crippen molar-refractivity contribution in [1.29, 1.82) is 0 Å². The molecule has 0 bridgehead atoms. The number of hydrogen-bond acceptors (Lipinski definition) is 2. The predicted octanol–water partition coefficient (Wildman–Crippen LogP) is 0.564. The van der Waals surface area contributed by atoms with Crippen LogP contribution in [-0.2, 0) is 9.53 Å². The summed E-state index contributed by atoms with van der Waals surface area (Å²) < 4.78 is 4.45. The van der Waals surface area contributed by atoms with E-state index in [1.165, 1.54) is 7.11 Å². The van der Waals surface area contributed by atoms with Gasteiger partial charge in [0.2, 0.25) is 0 Å². The van der Waals surface area contributed by atoms with Gasteiger partial charge in [-0.15, -0.1) is 0 Å². The Hall–Kier alpha value is -0.570. The number of nitrogens with zero attached hydrogens (tertiary/aromatic N) is 1. The van der Waals surface area contributed by atoms with Crippen LogP contribution in [0.4, 0.5) is 0 Å². The summed E-state index contributed by atoms with van der Waals surface area (Å²) in [5.74, 6) is -0.147. The van der Waals surface area contributed by atoms with Crippen molar-refractivity contribution in [2.24, 2.45) is 0 Å². The van der Waals surface area contributed by atoms with Gasteiger partial charge >= 0.3 is 5.97 Å². The highest BCUT2D eigenvalue weighted by atomic mass is 16.5. The van der Waals surface area contributed by atoms with E-state index in [9.17, 15) is 4.79 Å². The molecule has 0 saturated heterocycles. The quantitative estimate of drug-likeness (QED) is 0.418. The van der Waals surface area contributed by atoms with Gasteiger partial charge in [-0.05, 0) is 6.42 Å². The number of ether oxygens (including phenoxy) is 1. The molecule has 1 radical (unpaired) electrons. The summed E-state index contributed by atoms with van der Waals surface area (Å²) >= 11 is 0. The maximum absolute atomic E-state index is 10.5. The molecule has 0 N–H and O–H groups in total. The minimum atomic E-state index is -0.147. The first-order valence-corrected chi connectivity index (χ1v) is 3.51. The third-order valence-electron chi connectivity index (χ3n) is 1.15. The van der Waals surface area contributed by atoms with Crippen molar-refractivity contribution >= 4 is 5.97 Å². The van der Waals surface area contributed by atoms with Crippen LogP contribution in [0, 0.1) is 0 Å². The first kappa shape index (κ1) is 9.43. The molecule has 0 amide bonds. The third kappa shape index (κ3) is 5.56. The van der Waals surface area contributed by atoms with Crippen LogP contribution in [-0.4, -0.2) is 26.2 Å². The maximum Gasteiger partial charge on any atom is 0.305 e. The molecule has 3 nitrogen and oxygen atoms in total. The summed E-state index contributed by atoms with van der Waals surface area (Å²) in [6.07, 6.45) is 1.29. The molecule has 0 aliphatic heterocycles. The standard InChI is InChI=1S/C7H14NO2/c1-3-8-6-4-5-7(9)10-2/h3-6H2,1-2H3. The van der Waals surface area contributed by atoms with E-state index in [2.05, 4.69) is 10.1 Å². The van der Waals surface area contributed by atoms with Gasteiger partial charge in [-0.2, -0.15) is 0 Å². The third-order valence-corrected chi connectivity index (χ3v) is 1.15. The van der Waals surface area contributed by atoms with Crippen molar-refractivity contribution in [3.63, 3.8) is 0 Å². The Morgan fingerprint density at radius 3 is 2.80 bits per heavy atom. The second-order valence-electron chi connectivity index (χ2n) is 1.94. The molecule has 0 aliphatic carbocycles. The smallest absolute Gasteiger partial charge is 0.305 e. The molecule has 3 heteroatoms. The summed E-state index contributed by atoms with van der Waals surface area (Å²) in [4.78, 5) is 10.5. The Balaban J connectivity index is 2.96. The lowest BCUT2D eigenvalue weighted by Gasteiger charge is -1.97. The van der Waals surface area contributed by atoms with E-state index in [-0.39, 0.29) is 5.97 Å².